The van der Waals surface area contributed by atoms with Gasteiger partial charge in [-0.25, -0.2) is 0 Å². The van der Waals surface area contributed by atoms with E-state index in [1.807, 2.05) is 11.8 Å². The van der Waals surface area contributed by atoms with Crippen LogP contribution >= 0.6 is 11.8 Å². The molecule has 0 heterocycles. The Balaban J connectivity index is 4.97. The van der Waals surface area contributed by atoms with Gasteiger partial charge in [-0.3, -0.25) is 4.79 Å². The fourth-order valence-corrected chi connectivity index (χ4v) is 8.08. The van der Waals surface area contributed by atoms with Crippen LogP contribution in [-0.2, 0) is 9.53 Å². The summed E-state index contributed by atoms with van der Waals surface area (Å²) in [6, 6.07) is 0. The summed E-state index contributed by atoms with van der Waals surface area (Å²) in [5, 5.41) is 3.32. The maximum Gasteiger partial charge on any atom is 0.223 e. The molecule has 36 heavy (non-hydrogen) atoms. The summed E-state index contributed by atoms with van der Waals surface area (Å²) >= 11 is 2.02. The zero-order chi connectivity index (χ0) is 29.0. The summed E-state index contributed by atoms with van der Waals surface area (Å²) in [6.07, 6.45) is 5.07. The van der Waals surface area contributed by atoms with Crippen LogP contribution < -0.4 is 5.32 Å². The van der Waals surface area contributed by atoms with E-state index in [1.54, 1.807) is 0 Å². The number of thioether (sulfide) groups is 1. The fraction of sp³-hybridized carbons (Fsp3) is 0.969. The minimum Gasteiger partial charge on any atom is -0.375 e. The van der Waals surface area contributed by atoms with Gasteiger partial charge in [0.15, 0.2) is 0 Å². The molecule has 0 fully saturated rings. The average Bonchev–Trinajstić information content (AvgIpc) is 2.55. The van der Waals surface area contributed by atoms with Crippen LogP contribution in [0, 0.1) is 22.2 Å². The van der Waals surface area contributed by atoms with Gasteiger partial charge in [-0.05, 0) is 69.6 Å². The lowest BCUT2D eigenvalue weighted by Gasteiger charge is -2.46. The highest BCUT2D eigenvalue weighted by Gasteiger charge is 2.41. The van der Waals surface area contributed by atoms with Crippen molar-refractivity contribution in [3.8, 4) is 0 Å². The number of amides is 1. The van der Waals surface area contributed by atoms with Crippen LogP contribution in [-0.4, -0.2) is 33.1 Å². The van der Waals surface area contributed by atoms with Crippen molar-refractivity contribution >= 4 is 17.7 Å². The first-order valence-corrected chi connectivity index (χ1v) is 15.1. The van der Waals surface area contributed by atoms with Crippen LogP contribution in [0.15, 0.2) is 0 Å². The highest BCUT2D eigenvalue weighted by molar-refractivity contribution is 8.01. The SMILES string of the molecule is CCC(C)(C)CC(C)(C)C(C)(C)OCCC(C)(C)NC(=O)C(C)CC(C)(C)SC(C)(C)CC(C)(C)C. The van der Waals surface area contributed by atoms with Crippen molar-refractivity contribution in [3.05, 3.63) is 0 Å². The summed E-state index contributed by atoms with van der Waals surface area (Å²) in [6.45, 7) is 39.1. The standard InChI is InChI=1S/C32H65NO2S/c1-18-27(6,7)23-28(8,9)32(16,17)35-20-19-29(10,11)33-25(34)24(2)21-30(12,13)36-31(14,15)22-26(3,4)5/h24H,18-23H2,1-17H3,(H,33,34). The van der Waals surface area contributed by atoms with Crippen molar-refractivity contribution in [2.24, 2.45) is 22.2 Å². The molecule has 0 spiro atoms. The number of carbonyl (C=O) groups is 1. The lowest BCUT2D eigenvalue weighted by molar-refractivity contribution is -0.128. The Morgan fingerprint density at radius 2 is 1.31 bits per heavy atom. The summed E-state index contributed by atoms with van der Waals surface area (Å²) < 4.78 is 6.68. The van der Waals surface area contributed by atoms with Crippen LogP contribution in [0.1, 0.15) is 150 Å². The Bertz CT molecular complexity index is 695. The number of carbonyl (C=O) groups excluding carboxylic acids is 1. The summed E-state index contributed by atoms with van der Waals surface area (Å²) in [5.41, 5.74) is 0.0859. The zero-order valence-corrected chi connectivity index (χ0v) is 28.4. The Morgan fingerprint density at radius 1 is 0.806 bits per heavy atom. The average molecular weight is 528 g/mol. The predicted octanol–water partition coefficient (Wildman–Crippen LogP) is 9.67. The van der Waals surface area contributed by atoms with E-state index in [-0.39, 0.29) is 43.3 Å². The lowest BCUT2D eigenvalue weighted by Crippen LogP contribution is -2.49. The summed E-state index contributed by atoms with van der Waals surface area (Å²) in [5.74, 6) is 0.108. The molecule has 0 aromatic carbocycles. The molecule has 0 radical (unpaired) electrons. The second-order valence-electron chi connectivity index (χ2n) is 16.5. The van der Waals surface area contributed by atoms with Crippen molar-refractivity contribution in [1.29, 1.82) is 0 Å². The molecular weight excluding hydrogens is 462 g/mol. The maximum atomic E-state index is 13.2. The summed E-state index contributed by atoms with van der Waals surface area (Å²) in [4.78, 5) is 13.2. The van der Waals surface area contributed by atoms with Gasteiger partial charge in [0.05, 0.1) is 5.60 Å². The molecule has 0 rings (SSSR count). The highest BCUT2D eigenvalue weighted by atomic mass is 32.2. The molecule has 0 aliphatic rings. The zero-order valence-electron chi connectivity index (χ0n) is 27.5. The predicted molar refractivity (Wildman–Crippen MR) is 163 cm³/mol. The first-order chi connectivity index (χ1) is 15.7. The van der Waals surface area contributed by atoms with E-state index in [0.717, 1.165) is 32.1 Å². The number of hydrogen-bond acceptors (Lipinski definition) is 3. The molecule has 1 amide bonds. The molecule has 216 valence electrons. The van der Waals surface area contributed by atoms with Crippen molar-refractivity contribution < 1.29 is 9.53 Å². The van der Waals surface area contributed by atoms with Gasteiger partial charge in [0.25, 0.3) is 0 Å². The normalized spacial score (nSPS) is 15.7. The van der Waals surface area contributed by atoms with Gasteiger partial charge in [-0.2, -0.15) is 0 Å². The van der Waals surface area contributed by atoms with Crippen LogP contribution in [0.5, 0.6) is 0 Å². The second-order valence-corrected chi connectivity index (χ2v) is 18.9. The van der Waals surface area contributed by atoms with E-state index < -0.39 is 0 Å². The van der Waals surface area contributed by atoms with Gasteiger partial charge in [-0.1, -0.05) is 96.4 Å². The summed E-state index contributed by atoms with van der Waals surface area (Å²) in [7, 11) is 0. The van der Waals surface area contributed by atoms with Crippen LogP contribution in [0.4, 0.5) is 0 Å². The maximum absolute atomic E-state index is 13.2. The van der Waals surface area contributed by atoms with Crippen LogP contribution in [0.3, 0.4) is 0 Å². The van der Waals surface area contributed by atoms with Crippen molar-refractivity contribution in [1.82, 2.24) is 5.32 Å². The molecule has 1 unspecified atom stereocenters. The molecule has 0 aromatic rings. The molecule has 3 nitrogen and oxygen atoms in total. The Morgan fingerprint density at radius 3 is 1.75 bits per heavy atom. The van der Waals surface area contributed by atoms with Gasteiger partial charge >= 0.3 is 0 Å². The molecule has 4 heteroatoms. The third-order valence-corrected chi connectivity index (χ3v) is 9.33. The Hall–Kier alpha value is -0.220. The molecule has 0 aromatic heterocycles. The first kappa shape index (κ1) is 35.8. The van der Waals surface area contributed by atoms with Crippen molar-refractivity contribution in [3.63, 3.8) is 0 Å². The first-order valence-electron chi connectivity index (χ1n) is 14.3. The monoisotopic (exact) mass is 527 g/mol. The van der Waals surface area contributed by atoms with Gasteiger partial charge in [-0.15, -0.1) is 11.8 Å². The number of rotatable bonds is 15. The van der Waals surface area contributed by atoms with Crippen LogP contribution in [0.2, 0.25) is 0 Å². The van der Waals surface area contributed by atoms with E-state index in [2.05, 4.69) is 123 Å². The molecule has 0 aliphatic carbocycles. The third kappa shape index (κ3) is 13.5. The topological polar surface area (TPSA) is 38.3 Å². The molecule has 0 saturated carbocycles. The minimum atomic E-state index is -0.308. The number of hydrogen-bond donors (Lipinski definition) is 1. The molecule has 0 saturated heterocycles. The molecule has 0 aliphatic heterocycles. The number of ether oxygens (including phenoxy) is 1. The van der Waals surface area contributed by atoms with Gasteiger partial charge in [0.2, 0.25) is 5.91 Å². The Labute approximate surface area is 231 Å². The minimum absolute atomic E-state index is 0.0284. The smallest absolute Gasteiger partial charge is 0.223 e. The largest absolute Gasteiger partial charge is 0.375 e. The van der Waals surface area contributed by atoms with Crippen LogP contribution in [0.25, 0.3) is 0 Å². The van der Waals surface area contributed by atoms with Gasteiger partial charge in [0.1, 0.15) is 0 Å². The molecule has 1 atom stereocenters. The second kappa shape index (κ2) is 12.3. The van der Waals surface area contributed by atoms with E-state index in [4.69, 9.17) is 4.74 Å². The molecule has 1 N–H and O–H groups in total. The lowest BCUT2D eigenvalue weighted by atomic mass is 9.66. The van der Waals surface area contributed by atoms with Gasteiger partial charge in [0, 0.05) is 27.6 Å². The Kier molecular flexibility index (Phi) is 12.2. The van der Waals surface area contributed by atoms with Crippen molar-refractivity contribution in [2.45, 2.75) is 170 Å². The van der Waals surface area contributed by atoms with E-state index >= 15 is 0 Å². The van der Waals surface area contributed by atoms with E-state index in [1.165, 1.54) is 0 Å². The molecular formula is C32H65NO2S. The number of nitrogens with one attached hydrogen (secondary N) is 1. The van der Waals surface area contributed by atoms with Gasteiger partial charge < -0.3 is 10.1 Å². The van der Waals surface area contributed by atoms with E-state index in [9.17, 15) is 4.79 Å². The quantitative estimate of drug-likeness (QED) is 0.230. The van der Waals surface area contributed by atoms with E-state index in [0.29, 0.717) is 12.0 Å². The molecule has 0 bridgehead atoms. The van der Waals surface area contributed by atoms with Crippen molar-refractivity contribution in [2.75, 3.05) is 6.61 Å². The fourth-order valence-electron chi connectivity index (χ4n) is 5.74. The highest BCUT2D eigenvalue weighted by Crippen LogP contribution is 2.46. The third-order valence-electron chi connectivity index (χ3n) is 7.91.